The molecule has 2 heterocycles. The summed E-state index contributed by atoms with van der Waals surface area (Å²) >= 11 is 0. The third-order valence-electron chi connectivity index (χ3n) is 5.51. The Kier molecular flexibility index (Phi) is 5.85. The normalized spacial score (nSPS) is 15.0. The van der Waals surface area contributed by atoms with Crippen LogP contribution in [0.3, 0.4) is 0 Å². The Morgan fingerprint density at radius 3 is 2.42 bits per heavy atom. The number of aromatic nitrogens is 3. The van der Waals surface area contributed by atoms with Crippen molar-refractivity contribution in [2.24, 2.45) is 0 Å². The molecule has 1 saturated carbocycles. The van der Waals surface area contributed by atoms with Crippen molar-refractivity contribution < 1.29 is 9.18 Å². The molecule has 1 aliphatic rings. The van der Waals surface area contributed by atoms with E-state index in [0.29, 0.717) is 11.4 Å². The molecule has 0 bridgehead atoms. The van der Waals surface area contributed by atoms with Crippen LogP contribution in [-0.4, -0.2) is 21.0 Å². The average Bonchev–Trinajstić information content (AvgIpc) is 2.81. The van der Waals surface area contributed by atoms with Gasteiger partial charge >= 0.3 is 6.03 Å². The van der Waals surface area contributed by atoms with Gasteiger partial charge < -0.3 is 10.6 Å². The summed E-state index contributed by atoms with van der Waals surface area (Å²) in [5.74, 6) is -0.434. The van der Waals surface area contributed by atoms with Gasteiger partial charge in [-0.1, -0.05) is 31.4 Å². The second-order valence-electron chi connectivity index (χ2n) is 7.55. The molecule has 7 nitrogen and oxygen atoms in total. The molecule has 2 N–H and O–H groups in total. The SMILES string of the molecule is N#Cc1nccc(C2(NC(=O)Nc3ccc(-c4ccc(F)nc4)cc3)CCCCC2)n1. The summed E-state index contributed by atoms with van der Waals surface area (Å²) in [6.45, 7) is 0. The van der Waals surface area contributed by atoms with Crippen LogP contribution in [0.4, 0.5) is 14.9 Å². The second kappa shape index (κ2) is 8.88. The number of halogens is 1. The molecular formula is C23H21FN6O. The molecule has 156 valence electrons. The molecule has 0 spiro atoms. The first kappa shape index (κ1) is 20.4. The summed E-state index contributed by atoms with van der Waals surface area (Å²) in [5, 5.41) is 15.1. The lowest BCUT2D eigenvalue weighted by Crippen LogP contribution is -2.49. The number of carbonyl (C=O) groups is 1. The smallest absolute Gasteiger partial charge is 0.319 e. The third kappa shape index (κ3) is 4.67. The monoisotopic (exact) mass is 416 g/mol. The van der Waals surface area contributed by atoms with Gasteiger partial charge in [-0.05, 0) is 48.7 Å². The largest absolute Gasteiger partial charge is 0.327 e. The van der Waals surface area contributed by atoms with E-state index in [1.807, 2.05) is 18.2 Å². The molecule has 1 aliphatic carbocycles. The highest BCUT2D eigenvalue weighted by Gasteiger charge is 2.37. The van der Waals surface area contributed by atoms with Crippen LogP contribution in [0, 0.1) is 17.3 Å². The van der Waals surface area contributed by atoms with Gasteiger partial charge in [0.2, 0.25) is 11.8 Å². The van der Waals surface area contributed by atoms with E-state index in [4.69, 9.17) is 5.26 Å². The van der Waals surface area contributed by atoms with E-state index < -0.39 is 11.5 Å². The summed E-state index contributed by atoms with van der Waals surface area (Å²) in [4.78, 5) is 24.8. The number of benzene rings is 1. The lowest BCUT2D eigenvalue weighted by molar-refractivity contribution is 0.209. The van der Waals surface area contributed by atoms with E-state index in [1.54, 1.807) is 30.5 Å². The highest BCUT2D eigenvalue weighted by Crippen LogP contribution is 2.36. The maximum absolute atomic E-state index is 13.0. The fourth-order valence-corrected chi connectivity index (χ4v) is 3.95. The van der Waals surface area contributed by atoms with Crippen LogP contribution in [0.2, 0.25) is 0 Å². The Balaban J connectivity index is 1.49. The minimum atomic E-state index is -0.628. The molecule has 4 rings (SSSR count). The number of rotatable bonds is 4. The highest BCUT2D eigenvalue weighted by atomic mass is 19.1. The number of hydrogen-bond acceptors (Lipinski definition) is 5. The molecule has 8 heteroatoms. The van der Waals surface area contributed by atoms with Crippen LogP contribution >= 0.6 is 0 Å². The Hall–Kier alpha value is -3.86. The van der Waals surface area contributed by atoms with Crippen LogP contribution in [0.1, 0.15) is 43.6 Å². The highest BCUT2D eigenvalue weighted by molar-refractivity contribution is 5.90. The van der Waals surface area contributed by atoms with E-state index >= 15 is 0 Å². The number of nitrogens with one attached hydrogen (secondary N) is 2. The molecule has 3 aromatic rings. The molecule has 1 fully saturated rings. The van der Waals surface area contributed by atoms with Crippen molar-refractivity contribution >= 4 is 11.7 Å². The van der Waals surface area contributed by atoms with Gasteiger partial charge in [0.05, 0.1) is 11.2 Å². The molecule has 31 heavy (non-hydrogen) atoms. The molecule has 0 atom stereocenters. The first-order valence-corrected chi connectivity index (χ1v) is 10.1. The molecule has 0 saturated heterocycles. The molecule has 0 unspecified atom stereocenters. The van der Waals surface area contributed by atoms with Crippen LogP contribution in [0.25, 0.3) is 11.1 Å². The lowest BCUT2D eigenvalue weighted by atomic mass is 9.79. The van der Waals surface area contributed by atoms with E-state index in [9.17, 15) is 9.18 Å². The van der Waals surface area contributed by atoms with Gasteiger partial charge in [0.1, 0.15) is 6.07 Å². The summed E-state index contributed by atoms with van der Waals surface area (Å²) in [7, 11) is 0. The topological polar surface area (TPSA) is 104 Å². The van der Waals surface area contributed by atoms with Crippen molar-refractivity contribution in [3.8, 4) is 17.2 Å². The lowest BCUT2D eigenvalue weighted by Gasteiger charge is -2.37. The van der Waals surface area contributed by atoms with Gasteiger partial charge in [0, 0.05) is 23.6 Å². The molecule has 0 aliphatic heterocycles. The van der Waals surface area contributed by atoms with Crippen molar-refractivity contribution in [1.82, 2.24) is 20.3 Å². The number of pyridine rings is 1. The molecule has 0 radical (unpaired) electrons. The minimum Gasteiger partial charge on any atom is -0.327 e. The fourth-order valence-electron chi connectivity index (χ4n) is 3.95. The minimum absolute atomic E-state index is 0.0931. The Labute approximate surface area is 179 Å². The predicted octanol–water partition coefficient (Wildman–Crippen LogP) is 4.53. The van der Waals surface area contributed by atoms with Gasteiger partial charge in [-0.25, -0.2) is 19.7 Å². The summed E-state index contributed by atoms with van der Waals surface area (Å²) < 4.78 is 13.0. The fraction of sp³-hybridized carbons (Fsp3) is 0.261. The zero-order valence-electron chi connectivity index (χ0n) is 16.8. The first-order valence-electron chi connectivity index (χ1n) is 10.1. The van der Waals surface area contributed by atoms with E-state index in [2.05, 4.69) is 25.6 Å². The summed E-state index contributed by atoms with van der Waals surface area (Å²) in [6.07, 6.45) is 7.55. The van der Waals surface area contributed by atoms with Crippen LogP contribution < -0.4 is 10.6 Å². The summed E-state index contributed by atoms with van der Waals surface area (Å²) in [5.41, 5.74) is 2.31. The standard InChI is InChI=1S/C23H21FN6O/c24-20-9-6-17(15-27-20)16-4-7-18(8-5-16)28-22(31)30-23(11-2-1-3-12-23)19-10-13-26-21(14-25)29-19/h4-10,13,15H,1-3,11-12H2,(H2,28,30,31). The van der Waals surface area contributed by atoms with Crippen molar-refractivity contribution in [2.45, 2.75) is 37.6 Å². The molecule has 1 aromatic carbocycles. The average molecular weight is 416 g/mol. The maximum Gasteiger partial charge on any atom is 0.319 e. The number of carbonyl (C=O) groups excluding carboxylic acids is 1. The van der Waals surface area contributed by atoms with Gasteiger partial charge in [-0.15, -0.1) is 0 Å². The van der Waals surface area contributed by atoms with Gasteiger partial charge in [0.25, 0.3) is 0 Å². The van der Waals surface area contributed by atoms with Crippen LogP contribution in [-0.2, 0) is 5.54 Å². The van der Waals surface area contributed by atoms with Gasteiger partial charge in [-0.3, -0.25) is 0 Å². The molecule has 2 aromatic heterocycles. The van der Waals surface area contributed by atoms with Crippen molar-refractivity contribution in [1.29, 1.82) is 5.26 Å². The number of hydrogen-bond donors (Lipinski definition) is 2. The van der Waals surface area contributed by atoms with Gasteiger partial charge in [-0.2, -0.15) is 9.65 Å². The zero-order chi connectivity index (χ0) is 21.7. The van der Waals surface area contributed by atoms with Crippen LogP contribution in [0.5, 0.6) is 0 Å². The van der Waals surface area contributed by atoms with Crippen molar-refractivity contribution in [2.75, 3.05) is 5.32 Å². The van der Waals surface area contributed by atoms with Gasteiger partial charge in [0.15, 0.2) is 0 Å². The van der Waals surface area contributed by atoms with Crippen molar-refractivity contribution in [3.05, 3.63) is 72.3 Å². The third-order valence-corrected chi connectivity index (χ3v) is 5.51. The molecule has 2 amide bonds. The van der Waals surface area contributed by atoms with E-state index in [0.717, 1.165) is 43.2 Å². The quantitative estimate of drug-likeness (QED) is 0.608. The summed E-state index contributed by atoms with van der Waals surface area (Å²) in [6, 6.07) is 13.6. The number of urea groups is 1. The van der Waals surface area contributed by atoms with Crippen LogP contribution in [0.15, 0.2) is 54.9 Å². The Bertz CT molecular complexity index is 1100. The van der Waals surface area contributed by atoms with E-state index in [-0.39, 0.29) is 11.9 Å². The molecular weight excluding hydrogens is 395 g/mol. The zero-order valence-corrected chi connectivity index (χ0v) is 16.8. The predicted molar refractivity (Wildman–Crippen MR) is 113 cm³/mol. The number of anilines is 1. The number of amides is 2. The maximum atomic E-state index is 13.0. The number of nitriles is 1. The first-order chi connectivity index (χ1) is 15.1. The Morgan fingerprint density at radius 1 is 1.00 bits per heavy atom. The Morgan fingerprint density at radius 2 is 1.74 bits per heavy atom. The van der Waals surface area contributed by atoms with Crippen molar-refractivity contribution in [3.63, 3.8) is 0 Å². The second-order valence-corrected chi connectivity index (χ2v) is 7.55. The van der Waals surface area contributed by atoms with E-state index in [1.165, 1.54) is 12.3 Å². The number of nitrogens with zero attached hydrogens (tertiary/aromatic N) is 4.